The Morgan fingerprint density at radius 2 is 1.82 bits per heavy atom. The first-order chi connectivity index (χ1) is 13.4. The maximum Gasteiger partial charge on any atom is 0.326 e. The van der Waals surface area contributed by atoms with Crippen LogP contribution in [0.15, 0.2) is 47.4 Å². The molecule has 1 aliphatic rings. The summed E-state index contributed by atoms with van der Waals surface area (Å²) in [6, 6.07) is 13.1. The van der Waals surface area contributed by atoms with E-state index in [0.29, 0.717) is 11.4 Å². The zero-order valence-corrected chi connectivity index (χ0v) is 16.8. The Hall–Kier alpha value is -2.80. The van der Waals surface area contributed by atoms with Crippen molar-refractivity contribution in [2.24, 2.45) is 0 Å². The fraction of sp³-hybridized carbons (Fsp3) is 0.286. The lowest BCUT2D eigenvalue weighted by Gasteiger charge is -2.28. The summed E-state index contributed by atoms with van der Waals surface area (Å²) >= 11 is 1.44. The van der Waals surface area contributed by atoms with Crippen molar-refractivity contribution in [3.05, 3.63) is 53.6 Å². The molecule has 146 valence electrons. The number of amides is 2. The van der Waals surface area contributed by atoms with Crippen LogP contribution < -0.4 is 10.2 Å². The monoisotopic (exact) mass is 398 g/mol. The molecule has 0 bridgehead atoms. The zero-order chi connectivity index (χ0) is 20.3. The highest BCUT2D eigenvalue weighted by Crippen LogP contribution is 2.34. The Balaban J connectivity index is 1.63. The van der Waals surface area contributed by atoms with Crippen LogP contribution in [0.3, 0.4) is 0 Å². The van der Waals surface area contributed by atoms with Gasteiger partial charge in [-0.2, -0.15) is 0 Å². The van der Waals surface area contributed by atoms with E-state index in [0.717, 1.165) is 16.0 Å². The zero-order valence-electron chi connectivity index (χ0n) is 16.0. The number of fused-ring (bicyclic) bond motifs is 1. The SMILES string of the molecule is Cc1cccc(C)c1NC(=O)[C@H](C)OC(=O)CN1C(=O)CSc2ccccc21. The number of thioether (sulfide) groups is 1. The van der Waals surface area contributed by atoms with Gasteiger partial charge < -0.3 is 10.1 Å². The molecule has 0 aromatic heterocycles. The third kappa shape index (κ3) is 4.36. The van der Waals surface area contributed by atoms with Crippen LogP contribution in [0.4, 0.5) is 11.4 Å². The first-order valence-electron chi connectivity index (χ1n) is 8.95. The number of para-hydroxylation sites is 2. The van der Waals surface area contributed by atoms with Crippen molar-refractivity contribution in [1.82, 2.24) is 0 Å². The van der Waals surface area contributed by atoms with E-state index in [2.05, 4.69) is 5.32 Å². The molecule has 2 amide bonds. The van der Waals surface area contributed by atoms with Gasteiger partial charge in [-0.05, 0) is 44.0 Å². The number of esters is 1. The van der Waals surface area contributed by atoms with Crippen LogP contribution in [-0.4, -0.2) is 36.2 Å². The topological polar surface area (TPSA) is 75.7 Å². The van der Waals surface area contributed by atoms with Gasteiger partial charge in [0.15, 0.2) is 6.10 Å². The largest absolute Gasteiger partial charge is 0.451 e. The minimum Gasteiger partial charge on any atom is -0.451 e. The van der Waals surface area contributed by atoms with Crippen molar-refractivity contribution in [2.45, 2.75) is 31.8 Å². The van der Waals surface area contributed by atoms with Gasteiger partial charge in [0.2, 0.25) is 5.91 Å². The molecule has 0 aliphatic carbocycles. The fourth-order valence-electron chi connectivity index (χ4n) is 2.98. The maximum atomic E-state index is 12.4. The van der Waals surface area contributed by atoms with E-state index in [4.69, 9.17) is 4.74 Å². The lowest BCUT2D eigenvalue weighted by molar-refractivity contribution is -0.152. The third-order valence-electron chi connectivity index (χ3n) is 4.50. The van der Waals surface area contributed by atoms with Gasteiger partial charge in [-0.15, -0.1) is 11.8 Å². The van der Waals surface area contributed by atoms with Crippen molar-refractivity contribution in [3.63, 3.8) is 0 Å². The van der Waals surface area contributed by atoms with E-state index >= 15 is 0 Å². The molecular weight excluding hydrogens is 376 g/mol. The Kier molecular flexibility index (Phi) is 6.04. The molecule has 3 rings (SSSR count). The minimum atomic E-state index is -0.976. The molecule has 2 aromatic rings. The second-order valence-electron chi connectivity index (χ2n) is 6.62. The number of ether oxygens (including phenoxy) is 1. The highest BCUT2D eigenvalue weighted by Gasteiger charge is 2.28. The van der Waals surface area contributed by atoms with E-state index in [1.165, 1.54) is 23.6 Å². The predicted molar refractivity (Wildman–Crippen MR) is 110 cm³/mol. The molecule has 1 atom stereocenters. The summed E-state index contributed by atoms with van der Waals surface area (Å²) in [4.78, 5) is 39.4. The van der Waals surface area contributed by atoms with Crippen LogP contribution in [0.25, 0.3) is 0 Å². The molecule has 6 nitrogen and oxygen atoms in total. The molecule has 0 saturated heterocycles. The summed E-state index contributed by atoms with van der Waals surface area (Å²) in [5.41, 5.74) is 3.26. The highest BCUT2D eigenvalue weighted by atomic mass is 32.2. The summed E-state index contributed by atoms with van der Waals surface area (Å²) < 4.78 is 5.28. The number of carbonyl (C=O) groups excluding carboxylic acids is 3. The molecule has 7 heteroatoms. The molecule has 0 spiro atoms. The average Bonchev–Trinajstić information content (AvgIpc) is 2.67. The van der Waals surface area contributed by atoms with Crippen LogP contribution in [0.2, 0.25) is 0 Å². The van der Waals surface area contributed by atoms with E-state index in [1.54, 1.807) is 6.07 Å². The number of nitrogens with zero attached hydrogens (tertiary/aromatic N) is 1. The van der Waals surface area contributed by atoms with Crippen LogP contribution in [-0.2, 0) is 19.1 Å². The number of hydrogen-bond acceptors (Lipinski definition) is 5. The molecule has 0 saturated carbocycles. The van der Waals surface area contributed by atoms with Crippen molar-refractivity contribution in [2.75, 3.05) is 22.5 Å². The molecule has 1 aliphatic heterocycles. The van der Waals surface area contributed by atoms with Gasteiger partial charge >= 0.3 is 5.97 Å². The van der Waals surface area contributed by atoms with Gasteiger partial charge in [0.25, 0.3) is 5.91 Å². The van der Waals surface area contributed by atoms with Gasteiger partial charge in [0, 0.05) is 10.6 Å². The van der Waals surface area contributed by atoms with Gasteiger partial charge in [-0.1, -0.05) is 30.3 Å². The lowest BCUT2D eigenvalue weighted by atomic mass is 10.1. The standard InChI is InChI=1S/C21H22N2O4S/c1-13-7-6-8-14(2)20(13)22-21(26)15(3)27-19(25)11-23-16-9-4-5-10-17(16)28-12-18(23)24/h4-10,15H,11-12H2,1-3H3,(H,22,26)/t15-/m0/s1. The molecular formula is C21H22N2O4S. The molecule has 1 heterocycles. The molecule has 0 fully saturated rings. The predicted octanol–water partition coefficient (Wildman–Crippen LogP) is 3.31. The number of benzene rings is 2. The summed E-state index contributed by atoms with van der Waals surface area (Å²) in [5, 5.41) is 2.81. The minimum absolute atomic E-state index is 0.159. The summed E-state index contributed by atoms with van der Waals surface area (Å²) in [7, 11) is 0. The number of hydrogen-bond donors (Lipinski definition) is 1. The third-order valence-corrected chi connectivity index (χ3v) is 5.55. The van der Waals surface area contributed by atoms with Gasteiger partial charge in [-0.25, -0.2) is 0 Å². The van der Waals surface area contributed by atoms with Crippen molar-refractivity contribution < 1.29 is 19.1 Å². The Bertz CT molecular complexity index is 908. The Labute approximate surface area is 168 Å². The van der Waals surface area contributed by atoms with E-state index in [9.17, 15) is 14.4 Å². The molecule has 0 radical (unpaired) electrons. The number of rotatable bonds is 5. The number of nitrogens with one attached hydrogen (secondary N) is 1. The molecule has 28 heavy (non-hydrogen) atoms. The quantitative estimate of drug-likeness (QED) is 0.782. The molecule has 2 aromatic carbocycles. The molecule has 1 N–H and O–H groups in total. The van der Waals surface area contributed by atoms with Crippen molar-refractivity contribution in [3.8, 4) is 0 Å². The van der Waals surface area contributed by atoms with Gasteiger partial charge in [0.1, 0.15) is 6.54 Å². The number of aryl methyl sites for hydroxylation is 2. The van der Waals surface area contributed by atoms with E-state index < -0.39 is 18.0 Å². The van der Waals surface area contributed by atoms with Crippen LogP contribution >= 0.6 is 11.8 Å². The summed E-state index contributed by atoms with van der Waals surface area (Å²) in [5.74, 6) is -0.924. The number of anilines is 2. The summed E-state index contributed by atoms with van der Waals surface area (Å²) in [6.45, 7) is 5.09. The van der Waals surface area contributed by atoms with Gasteiger partial charge in [0.05, 0.1) is 11.4 Å². The Morgan fingerprint density at radius 3 is 2.54 bits per heavy atom. The smallest absolute Gasteiger partial charge is 0.326 e. The van der Waals surface area contributed by atoms with E-state index in [1.807, 2.05) is 50.2 Å². The highest BCUT2D eigenvalue weighted by molar-refractivity contribution is 8.00. The van der Waals surface area contributed by atoms with Crippen LogP contribution in [0, 0.1) is 13.8 Å². The Morgan fingerprint density at radius 1 is 1.14 bits per heavy atom. The van der Waals surface area contributed by atoms with Crippen LogP contribution in [0.1, 0.15) is 18.1 Å². The second-order valence-corrected chi connectivity index (χ2v) is 7.64. The second kappa shape index (κ2) is 8.48. The lowest BCUT2D eigenvalue weighted by Crippen LogP contribution is -2.41. The van der Waals surface area contributed by atoms with Gasteiger partial charge in [-0.3, -0.25) is 19.3 Å². The van der Waals surface area contributed by atoms with Crippen molar-refractivity contribution >= 4 is 40.9 Å². The molecule has 0 unspecified atom stereocenters. The van der Waals surface area contributed by atoms with Crippen LogP contribution in [0.5, 0.6) is 0 Å². The fourth-order valence-corrected chi connectivity index (χ4v) is 3.92. The number of carbonyl (C=O) groups is 3. The normalized spacial score (nSPS) is 14.2. The first kappa shape index (κ1) is 19.9. The van der Waals surface area contributed by atoms with Crippen molar-refractivity contribution in [1.29, 1.82) is 0 Å². The first-order valence-corrected chi connectivity index (χ1v) is 9.94. The maximum absolute atomic E-state index is 12.4. The summed E-state index contributed by atoms with van der Waals surface area (Å²) in [6.07, 6.45) is -0.976. The van der Waals surface area contributed by atoms with E-state index in [-0.39, 0.29) is 18.2 Å². The average molecular weight is 398 g/mol.